The van der Waals surface area contributed by atoms with Crippen LogP contribution in [0.4, 0.5) is 5.95 Å². The lowest BCUT2D eigenvalue weighted by Gasteiger charge is -2.26. The van der Waals surface area contributed by atoms with E-state index in [9.17, 15) is 9.59 Å². The topological polar surface area (TPSA) is 124 Å². The number of anilines is 1. The summed E-state index contributed by atoms with van der Waals surface area (Å²) in [6, 6.07) is 3.58. The SMILES string of the molecule is CC(C)NC(=O)c1cc(-c2csc(C(=O)NC3COC3)c2)cn2nc(N)nc12. The molecule has 0 saturated carbocycles. The number of nitrogens with zero attached hydrogens (tertiary/aromatic N) is 3. The number of nitrogen functional groups attached to an aromatic ring is 1. The van der Waals surface area contributed by atoms with Crippen LogP contribution in [0.25, 0.3) is 16.8 Å². The lowest BCUT2D eigenvalue weighted by molar-refractivity contribution is -0.00338. The zero-order valence-electron chi connectivity index (χ0n) is 15.4. The minimum atomic E-state index is -0.257. The summed E-state index contributed by atoms with van der Waals surface area (Å²) < 4.78 is 6.57. The van der Waals surface area contributed by atoms with Crippen LogP contribution in [0, 0.1) is 0 Å². The number of fused-ring (bicyclic) bond motifs is 1. The first kappa shape index (κ1) is 18.4. The number of ether oxygens (including phenoxy) is 1. The maximum atomic E-state index is 12.6. The summed E-state index contributed by atoms with van der Waals surface area (Å²) in [6.07, 6.45) is 1.74. The highest BCUT2D eigenvalue weighted by Gasteiger charge is 2.22. The largest absolute Gasteiger partial charge is 0.377 e. The number of thiophene rings is 1. The first-order valence-electron chi connectivity index (χ1n) is 8.85. The van der Waals surface area contributed by atoms with E-state index in [4.69, 9.17) is 10.5 Å². The Labute approximate surface area is 164 Å². The van der Waals surface area contributed by atoms with Crippen LogP contribution in [0.15, 0.2) is 23.7 Å². The molecule has 0 bridgehead atoms. The number of nitrogens with one attached hydrogen (secondary N) is 2. The van der Waals surface area contributed by atoms with Gasteiger partial charge in [-0.25, -0.2) is 4.52 Å². The molecule has 2 amide bonds. The summed E-state index contributed by atoms with van der Waals surface area (Å²) in [6.45, 7) is 4.85. The third kappa shape index (κ3) is 3.56. The predicted molar refractivity (Wildman–Crippen MR) is 105 cm³/mol. The number of rotatable bonds is 5. The summed E-state index contributed by atoms with van der Waals surface area (Å²) in [5, 5.41) is 11.8. The van der Waals surface area contributed by atoms with Crippen molar-refractivity contribution < 1.29 is 14.3 Å². The van der Waals surface area contributed by atoms with E-state index in [0.29, 0.717) is 29.3 Å². The average molecular weight is 400 g/mol. The molecule has 3 aromatic heterocycles. The summed E-state index contributed by atoms with van der Waals surface area (Å²) in [5.74, 6) is -0.301. The second kappa shape index (κ2) is 7.21. The van der Waals surface area contributed by atoms with Gasteiger partial charge in [0.15, 0.2) is 5.65 Å². The zero-order valence-corrected chi connectivity index (χ0v) is 16.2. The monoisotopic (exact) mass is 400 g/mol. The van der Waals surface area contributed by atoms with Gasteiger partial charge in [-0.15, -0.1) is 16.4 Å². The molecule has 0 atom stereocenters. The number of carbonyl (C=O) groups excluding carboxylic acids is 2. The molecule has 0 spiro atoms. The molecule has 28 heavy (non-hydrogen) atoms. The highest BCUT2D eigenvalue weighted by atomic mass is 32.1. The van der Waals surface area contributed by atoms with Gasteiger partial charge in [-0.1, -0.05) is 0 Å². The molecule has 146 valence electrons. The molecule has 9 nitrogen and oxygen atoms in total. The predicted octanol–water partition coefficient (Wildman–Crippen LogP) is 1.31. The Bertz CT molecular complexity index is 1050. The fourth-order valence-corrected chi connectivity index (χ4v) is 3.67. The fourth-order valence-electron chi connectivity index (χ4n) is 2.85. The van der Waals surface area contributed by atoms with Gasteiger partial charge in [-0.2, -0.15) is 4.98 Å². The lowest BCUT2D eigenvalue weighted by Crippen LogP contribution is -2.48. The number of aromatic nitrogens is 3. The van der Waals surface area contributed by atoms with Crippen molar-refractivity contribution in [2.75, 3.05) is 18.9 Å². The highest BCUT2D eigenvalue weighted by Crippen LogP contribution is 2.28. The van der Waals surface area contributed by atoms with Crippen molar-refractivity contribution in [1.82, 2.24) is 25.2 Å². The molecule has 1 saturated heterocycles. The van der Waals surface area contributed by atoms with Crippen molar-refractivity contribution >= 4 is 34.7 Å². The number of pyridine rings is 1. The second-order valence-corrected chi connectivity index (χ2v) is 7.83. The number of hydrogen-bond acceptors (Lipinski definition) is 7. The Morgan fingerprint density at radius 2 is 2.07 bits per heavy atom. The molecule has 0 unspecified atom stereocenters. The average Bonchev–Trinajstić information content (AvgIpc) is 3.22. The van der Waals surface area contributed by atoms with Crippen molar-refractivity contribution in [2.24, 2.45) is 0 Å². The quantitative estimate of drug-likeness (QED) is 0.593. The molecule has 4 rings (SSSR count). The molecule has 10 heteroatoms. The lowest BCUT2D eigenvalue weighted by atomic mass is 10.1. The Morgan fingerprint density at radius 3 is 2.75 bits per heavy atom. The number of carbonyl (C=O) groups is 2. The molecule has 3 aromatic rings. The first-order chi connectivity index (χ1) is 13.4. The molecule has 0 aliphatic carbocycles. The smallest absolute Gasteiger partial charge is 0.261 e. The van der Waals surface area contributed by atoms with Crippen LogP contribution >= 0.6 is 11.3 Å². The third-order valence-electron chi connectivity index (χ3n) is 4.24. The molecule has 4 heterocycles. The van der Waals surface area contributed by atoms with Crippen molar-refractivity contribution in [1.29, 1.82) is 0 Å². The van der Waals surface area contributed by atoms with Crippen LogP contribution < -0.4 is 16.4 Å². The molecule has 1 fully saturated rings. The van der Waals surface area contributed by atoms with Crippen LogP contribution in [-0.2, 0) is 4.74 Å². The van der Waals surface area contributed by atoms with E-state index in [2.05, 4.69) is 20.7 Å². The molecular formula is C18H20N6O3S. The molecule has 4 N–H and O–H groups in total. The number of nitrogens with two attached hydrogens (primary N) is 1. The standard InChI is InChI=1S/C18H20N6O3S/c1-9(2)20-16(25)13-3-10(5-24-15(13)22-18(19)23-24)11-4-14(28-8-11)17(26)21-12-6-27-7-12/h3-5,8-9,12H,6-7H2,1-2H3,(H2,19,23)(H,20,25)(H,21,26). The van der Waals surface area contributed by atoms with Crippen LogP contribution in [0.5, 0.6) is 0 Å². The maximum absolute atomic E-state index is 12.6. The van der Waals surface area contributed by atoms with Crippen molar-refractivity contribution in [3.8, 4) is 11.1 Å². The third-order valence-corrected chi connectivity index (χ3v) is 5.17. The summed E-state index contributed by atoms with van der Waals surface area (Å²) in [4.78, 5) is 29.7. The van der Waals surface area contributed by atoms with Gasteiger partial charge >= 0.3 is 0 Å². The zero-order chi connectivity index (χ0) is 19.8. The normalized spacial score (nSPS) is 14.2. The van der Waals surface area contributed by atoms with Gasteiger partial charge in [0.1, 0.15) is 0 Å². The highest BCUT2D eigenvalue weighted by molar-refractivity contribution is 7.12. The van der Waals surface area contributed by atoms with Gasteiger partial charge < -0.3 is 21.1 Å². The van der Waals surface area contributed by atoms with E-state index in [1.54, 1.807) is 18.3 Å². The van der Waals surface area contributed by atoms with Gasteiger partial charge in [0, 0.05) is 17.8 Å². The van der Waals surface area contributed by atoms with Crippen molar-refractivity contribution in [3.05, 3.63) is 34.2 Å². The Hall–Kier alpha value is -2.98. The maximum Gasteiger partial charge on any atom is 0.261 e. The summed E-state index contributed by atoms with van der Waals surface area (Å²) >= 11 is 1.34. The summed E-state index contributed by atoms with van der Waals surface area (Å²) in [7, 11) is 0. The van der Waals surface area contributed by atoms with Crippen LogP contribution in [-0.4, -0.2) is 51.7 Å². The van der Waals surface area contributed by atoms with E-state index in [1.807, 2.05) is 19.2 Å². The molecular weight excluding hydrogens is 380 g/mol. The second-order valence-electron chi connectivity index (χ2n) is 6.92. The van der Waals surface area contributed by atoms with Gasteiger partial charge in [0.05, 0.1) is 29.7 Å². The molecule has 0 radical (unpaired) electrons. The minimum absolute atomic E-state index is 0.0246. The van der Waals surface area contributed by atoms with Gasteiger partial charge in [0.25, 0.3) is 11.8 Å². The van der Waals surface area contributed by atoms with E-state index in [0.717, 1.165) is 11.1 Å². The number of hydrogen-bond donors (Lipinski definition) is 3. The first-order valence-corrected chi connectivity index (χ1v) is 9.73. The van der Waals surface area contributed by atoms with Gasteiger partial charge in [-0.3, -0.25) is 9.59 Å². The molecule has 1 aliphatic rings. The van der Waals surface area contributed by atoms with E-state index >= 15 is 0 Å². The van der Waals surface area contributed by atoms with Crippen molar-refractivity contribution in [3.63, 3.8) is 0 Å². The van der Waals surface area contributed by atoms with Crippen molar-refractivity contribution in [2.45, 2.75) is 25.9 Å². The summed E-state index contributed by atoms with van der Waals surface area (Å²) in [5.41, 5.74) is 8.04. The molecule has 1 aliphatic heterocycles. The van der Waals surface area contributed by atoms with E-state index in [1.165, 1.54) is 15.9 Å². The Morgan fingerprint density at radius 1 is 1.29 bits per heavy atom. The fraction of sp³-hybridized carbons (Fsp3) is 0.333. The van der Waals surface area contributed by atoms with Crippen LogP contribution in [0.1, 0.15) is 33.9 Å². The van der Waals surface area contributed by atoms with E-state index in [-0.39, 0.29) is 29.8 Å². The number of amides is 2. The Balaban J connectivity index is 1.68. The minimum Gasteiger partial charge on any atom is -0.377 e. The van der Waals surface area contributed by atoms with Gasteiger partial charge in [-0.05, 0) is 36.9 Å². The van der Waals surface area contributed by atoms with Gasteiger partial charge in [0.2, 0.25) is 5.95 Å². The van der Waals surface area contributed by atoms with Crippen LogP contribution in [0.2, 0.25) is 0 Å². The van der Waals surface area contributed by atoms with E-state index < -0.39 is 0 Å². The Kier molecular flexibility index (Phi) is 4.73. The van der Waals surface area contributed by atoms with Crippen LogP contribution in [0.3, 0.4) is 0 Å². The molecule has 0 aromatic carbocycles.